The summed E-state index contributed by atoms with van der Waals surface area (Å²) in [6.45, 7) is 1.10. The number of carboxylic acid groups (broad SMARTS) is 1. The van der Waals surface area contributed by atoms with E-state index in [1.165, 1.54) is 12.4 Å². The zero-order valence-electron chi connectivity index (χ0n) is 13.4. The largest absolute Gasteiger partial charge is 0.480 e. The van der Waals surface area contributed by atoms with Crippen molar-refractivity contribution in [2.24, 2.45) is 0 Å². The van der Waals surface area contributed by atoms with Crippen molar-refractivity contribution < 1.29 is 23.1 Å². The summed E-state index contributed by atoms with van der Waals surface area (Å²) in [4.78, 5) is 11.4. The number of carboxylic acids is 1. The smallest absolute Gasteiger partial charge is 0.322 e. The maximum atomic E-state index is 12.5. The minimum atomic E-state index is -3.99. The lowest BCUT2D eigenvalue weighted by molar-refractivity contribution is -0.138. The average Bonchev–Trinajstić information content (AvgIpc) is 3.26. The van der Waals surface area contributed by atoms with Gasteiger partial charge in [0, 0.05) is 12.8 Å². The number of sulfonamides is 1. The number of ether oxygens (including phenoxy) is 1. The fourth-order valence-electron chi connectivity index (χ4n) is 2.67. The van der Waals surface area contributed by atoms with Crippen LogP contribution in [0, 0.1) is 0 Å². The van der Waals surface area contributed by atoms with Crippen LogP contribution in [0.4, 0.5) is 0 Å². The summed E-state index contributed by atoms with van der Waals surface area (Å²) in [7, 11) is -3.99. The molecule has 134 valence electrons. The molecule has 0 bridgehead atoms. The number of hydrogen-bond acceptors (Lipinski definition) is 5. The third kappa shape index (κ3) is 4.25. The van der Waals surface area contributed by atoms with Crippen molar-refractivity contribution in [3.63, 3.8) is 0 Å². The monoisotopic (exact) mass is 365 g/mol. The van der Waals surface area contributed by atoms with Crippen LogP contribution in [0.25, 0.3) is 0 Å². The van der Waals surface area contributed by atoms with Crippen LogP contribution in [0.3, 0.4) is 0 Å². The van der Waals surface area contributed by atoms with E-state index in [0.717, 1.165) is 12.0 Å². The van der Waals surface area contributed by atoms with Crippen LogP contribution in [0.2, 0.25) is 0 Å². The van der Waals surface area contributed by atoms with E-state index in [4.69, 9.17) is 4.74 Å². The molecule has 1 aromatic carbocycles. The summed E-state index contributed by atoms with van der Waals surface area (Å²) in [5.41, 5.74) is 0.733. The molecular formula is C16H19N3O5S. The summed E-state index contributed by atoms with van der Waals surface area (Å²) in [6.07, 6.45) is 3.45. The normalized spacial score (nSPS) is 19.0. The second-order valence-corrected chi connectivity index (χ2v) is 7.59. The Bertz CT molecular complexity index is 828. The third-order valence-electron chi connectivity index (χ3n) is 4.05. The van der Waals surface area contributed by atoms with Gasteiger partial charge in [-0.15, -0.1) is 0 Å². The minimum absolute atomic E-state index is 0.00328. The maximum absolute atomic E-state index is 12.5. The molecule has 3 rings (SSSR count). The number of aromatic nitrogens is 2. The van der Waals surface area contributed by atoms with Gasteiger partial charge in [0.25, 0.3) is 0 Å². The molecule has 2 N–H and O–H groups in total. The molecule has 2 heterocycles. The maximum Gasteiger partial charge on any atom is 0.322 e. The van der Waals surface area contributed by atoms with Gasteiger partial charge >= 0.3 is 5.97 Å². The van der Waals surface area contributed by atoms with E-state index in [0.29, 0.717) is 13.2 Å². The molecule has 1 aliphatic heterocycles. The molecule has 1 saturated heterocycles. The summed E-state index contributed by atoms with van der Waals surface area (Å²) in [6, 6.07) is 7.61. The van der Waals surface area contributed by atoms with E-state index in [1.807, 2.05) is 6.07 Å². The van der Waals surface area contributed by atoms with Gasteiger partial charge in [0.2, 0.25) is 10.0 Å². The van der Waals surface area contributed by atoms with Gasteiger partial charge in [-0.2, -0.15) is 9.82 Å². The summed E-state index contributed by atoms with van der Waals surface area (Å²) >= 11 is 0. The minimum Gasteiger partial charge on any atom is -0.480 e. The molecule has 2 atom stereocenters. The molecule has 0 aliphatic carbocycles. The van der Waals surface area contributed by atoms with Crippen molar-refractivity contribution >= 4 is 16.0 Å². The first-order valence-corrected chi connectivity index (χ1v) is 9.35. The summed E-state index contributed by atoms with van der Waals surface area (Å²) in [5.74, 6) is -1.23. The first kappa shape index (κ1) is 17.6. The summed E-state index contributed by atoms with van der Waals surface area (Å²) in [5, 5.41) is 13.4. The Morgan fingerprint density at radius 2 is 2.16 bits per heavy atom. The SMILES string of the molecule is O=C(O)[C@@H](Cc1ccccc1)NS(=O)(=O)c1cnn(C2CCOC2)c1. The molecule has 1 unspecified atom stereocenters. The predicted molar refractivity (Wildman–Crippen MR) is 88.6 cm³/mol. The van der Waals surface area contributed by atoms with Crippen LogP contribution in [0.5, 0.6) is 0 Å². The standard InChI is InChI=1S/C16H19N3O5S/c20-16(21)15(8-12-4-2-1-3-5-12)18-25(22,23)14-9-17-19(10-14)13-6-7-24-11-13/h1-5,9-10,13,15,18H,6-8,11H2,(H,20,21)/t13?,15-/m1/s1. The lowest BCUT2D eigenvalue weighted by Crippen LogP contribution is -2.42. The Kier molecular flexibility index (Phi) is 5.16. The van der Waals surface area contributed by atoms with Gasteiger partial charge in [0.1, 0.15) is 10.9 Å². The van der Waals surface area contributed by atoms with E-state index in [9.17, 15) is 18.3 Å². The number of nitrogens with zero attached hydrogens (tertiary/aromatic N) is 2. The number of hydrogen-bond donors (Lipinski definition) is 2. The molecule has 0 spiro atoms. The Balaban J connectivity index is 1.75. The van der Waals surface area contributed by atoms with E-state index < -0.39 is 22.0 Å². The highest BCUT2D eigenvalue weighted by atomic mass is 32.2. The van der Waals surface area contributed by atoms with Crippen molar-refractivity contribution in [1.82, 2.24) is 14.5 Å². The van der Waals surface area contributed by atoms with Crippen molar-refractivity contribution in [2.75, 3.05) is 13.2 Å². The molecule has 1 aromatic heterocycles. The highest BCUT2D eigenvalue weighted by Crippen LogP contribution is 2.20. The second-order valence-electron chi connectivity index (χ2n) is 5.88. The fraction of sp³-hybridized carbons (Fsp3) is 0.375. The van der Waals surface area contributed by atoms with E-state index in [2.05, 4.69) is 9.82 Å². The fourth-order valence-corrected chi connectivity index (χ4v) is 3.80. The molecule has 9 heteroatoms. The molecule has 0 saturated carbocycles. The molecule has 1 aliphatic rings. The second kappa shape index (κ2) is 7.34. The van der Waals surface area contributed by atoms with Crippen LogP contribution in [-0.4, -0.2) is 48.5 Å². The average molecular weight is 365 g/mol. The molecule has 0 radical (unpaired) electrons. The zero-order valence-corrected chi connectivity index (χ0v) is 14.2. The van der Waals surface area contributed by atoms with Gasteiger partial charge in [-0.05, 0) is 18.4 Å². The van der Waals surface area contributed by atoms with Crippen molar-refractivity contribution in [3.8, 4) is 0 Å². The van der Waals surface area contributed by atoms with Crippen LogP contribution >= 0.6 is 0 Å². The van der Waals surface area contributed by atoms with Gasteiger partial charge in [-0.3, -0.25) is 9.48 Å². The van der Waals surface area contributed by atoms with Crippen LogP contribution in [0.1, 0.15) is 18.0 Å². The highest BCUT2D eigenvalue weighted by molar-refractivity contribution is 7.89. The van der Waals surface area contributed by atoms with Crippen LogP contribution in [0.15, 0.2) is 47.6 Å². The molecule has 2 aromatic rings. The number of rotatable bonds is 7. The Hall–Kier alpha value is -2.23. The Morgan fingerprint density at radius 1 is 1.40 bits per heavy atom. The van der Waals surface area contributed by atoms with Gasteiger partial charge in [-0.1, -0.05) is 30.3 Å². The van der Waals surface area contributed by atoms with E-state index >= 15 is 0 Å². The van der Waals surface area contributed by atoms with Gasteiger partial charge < -0.3 is 9.84 Å². The van der Waals surface area contributed by atoms with Gasteiger partial charge in [-0.25, -0.2) is 8.42 Å². The number of carbonyl (C=O) groups is 1. The predicted octanol–water partition coefficient (Wildman–Crippen LogP) is 0.819. The first-order chi connectivity index (χ1) is 12.0. The van der Waals surface area contributed by atoms with Gasteiger partial charge in [0.05, 0.1) is 18.8 Å². The van der Waals surface area contributed by atoms with Crippen molar-refractivity contribution in [3.05, 3.63) is 48.3 Å². The topological polar surface area (TPSA) is 111 Å². The number of benzene rings is 1. The van der Waals surface area contributed by atoms with Crippen LogP contribution in [-0.2, 0) is 26.0 Å². The van der Waals surface area contributed by atoms with Crippen molar-refractivity contribution in [2.45, 2.75) is 29.8 Å². The number of nitrogens with one attached hydrogen (secondary N) is 1. The molecule has 0 amide bonds. The quantitative estimate of drug-likeness (QED) is 0.752. The Morgan fingerprint density at radius 3 is 2.80 bits per heavy atom. The number of aliphatic carboxylic acids is 1. The summed E-state index contributed by atoms with van der Waals surface area (Å²) < 4.78 is 34.1. The van der Waals surface area contributed by atoms with Crippen LogP contribution < -0.4 is 4.72 Å². The first-order valence-electron chi connectivity index (χ1n) is 7.86. The lowest BCUT2D eigenvalue weighted by Gasteiger charge is -2.14. The highest BCUT2D eigenvalue weighted by Gasteiger charge is 2.28. The van der Waals surface area contributed by atoms with Gasteiger partial charge in [0.15, 0.2) is 0 Å². The van der Waals surface area contributed by atoms with E-state index in [1.54, 1.807) is 28.9 Å². The molecular weight excluding hydrogens is 346 g/mol. The zero-order chi connectivity index (χ0) is 17.9. The van der Waals surface area contributed by atoms with E-state index in [-0.39, 0.29) is 17.4 Å². The molecule has 25 heavy (non-hydrogen) atoms. The van der Waals surface area contributed by atoms with Crippen molar-refractivity contribution in [1.29, 1.82) is 0 Å². The lowest BCUT2D eigenvalue weighted by atomic mass is 10.1. The third-order valence-corrected chi connectivity index (χ3v) is 5.47. The molecule has 8 nitrogen and oxygen atoms in total. The molecule has 1 fully saturated rings. The Labute approximate surface area is 145 Å².